The van der Waals surface area contributed by atoms with Gasteiger partial charge in [-0.1, -0.05) is 30.1 Å². The Morgan fingerprint density at radius 2 is 1.95 bits per heavy atom. The van der Waals surface area contributed by atoms with Crippen LogP contribution in [0.2, 0.25) is 10.0 Å². The van der Waals surface area contributed by atoms with Crippen molar-refractivity contribution in [1.29, 1.82) is 0 Å². The van der Waals surface area contributed by atoms with Crippen LogP contribution in [0.15, 0.2) is 18.2 Å². The van der Waals surface area contributed by atoms with Gasteiger partial charge in [-0.25, -0.2) is 4.98 Å². The minimum absolute atomic E-state index is 0.0812. The lowest BCUT2D eigenvalue weighted by Crippen LogP contribution is -2.24. The zero-order valence-electron chi connectivity index (χ0n) is 12.1. The van der Waals surface area contributed by atoms with Crippen molar-refractivity contribution < 1.29 is 0 Å². The maximum Gasteiger partial charge on any atom is 0.115 e. The number of halogens is 2. The molecule has 1 atom stereocenters. The van der Waals surface area contributed by atoms with Gasteiger partial charge in [0.15, 0.2) is 0 Å². The summed E-state index contributed by atoms with van der Waals surface area (Å²) in [5.41, 5.74) is 2.28. The van der Waals surface area contributed by atoms with Gasteiger partial charge in [-0.2, -0.15) is 0 Å². The predicted molar refractivity (Wildman–Crippen MR) is 90.7 cm³/mol. The summed E-state index contributed by atoms with van der Waals surface area (Å²) < 4.78 is 0. The minimum atomic E-state index is 0.0812. The summed E-state index contributed by atoms with van der Waals surface area (Å²) >= 11 is 14.1. The second-order valence-corrected chi connectivity index (χ2v) is 7.59. The van der Waals surface area contributed by atoms with E-state index in [0.29, 0.717) is 16.1 Å². The lowest BCUT2D eigenvalue weighted by molar-refractivity contribution is 0.597. The van der Waals surface area contributed by atoms with Gasteiger partial charge >= 0.3 is 0 Å². The van der Waals surface area contributed by atoms with Crippen LogP contribution in [0.1, 0.15) is 46.9 Å². The number of hydrogen-bond acceptors (Lipinski definition) is 3. The zero-order valence-corrected chi connectivity index (χ0v) is 14.4. The van der Waals surface area contributed by atoms with E-state index in [1.54, 1.807) is 17.4 Å². The summed E-state index contributed by atoms with van der Waals surface area (Å²) in [4.78, 5) is 6.11. The number of thiazole rings is 1. The summed E-state index contributed by atoms with van der Waals surface area (Å²) in [7, 11) is 0. The molecule has 0 bridgehead atoms. The fourth-order valence-corrected chi connectivity index (χ4v) is 4.08. The van der Waals surface area contributed by atoms with E-state index in [-0.39, 0.29) is 6.04 Å². The van der Waals surface area contributed by atoms with Crippen molar-refractivity contribution in [2.75, 3.05) is 0 Å². The quantitative estimate of drug-likeness (QED) is 0.812. The van der Waals surface area contributed by atoms with E-state index in [9.17, 15) is 0 Å². The van der Waals surface area contributed by atoms with Gasteiger partial charge < -0.3 is 5.32 Å². The normalized spacial score (nSPS) is 16.2. The minimum Gasteiger partial charge on any atom is -0.301 e. The van der Waals surface area contributed by atoms with Crippen LogP contribution in [0.4, 0.5) is 0 Å². The molecule has 2 aromatic rings. The van der Waals surface area contributed by atoms with Crippen LogP contribution in [-0.2, 0) is 6.42 Å². The largest absolute Gasteiger partial charge is 0.301 e. The smallest absolute Gasteiger partial charge is 0.115 e. The highest BCUT2D eigenvalue weighted by Gasteiger charge is 2.28. The van der Waals surface area contributed by atoms with Crippen LogP contribution in [-0.4, -0.2) is 11.0 Å². The molecule has 1 aliphatic rings. The highest BCUT2D eigenvalue weighted by atomic mass is 35.5. The van der Waals surface area contributed by atoms with E-state index in [0.717, 1.165) is 17.0 Å². The van der Waals surface area contributed by atoms with Crippen molar-refractivity contribution in [3.05, 3.63) is 49.4 Å². The van der Waals surface area contributed by atoms with Gasteiger partial charge in [0.25, 0.3) is 0 Å². The average molecular weight is 341 g/mol. The summed E-state index contributed by atoms with van der Waals surface area (Å²) in [6.45, 7) is 4.28. The van der Waals surface area contributed by atoms with Crippen LogP contribution in [0, 0.1) is 6.92 Å². The standard InChI is InChI=1S/C16H18Cl2N2S/c1-3-14-9(2)21-16(20-14)15(19-13-4-5-13)10-6-11(17)8-12(18)7-10/h6-8,13,15,19H,3-5H2,1-2H3. The van der Waals surface area contributed by atoms with E-state index in [1.165, 1.54) is 23.4 Å². The van der Waals surface area contributed by atoms with E-state index in [2.05, 4.69) is 19.2 Å². The van der Waals surface area contributed by atoms with Crippen molar-refractivity contribution in [2.45, 2.75) is 45.2 Å². The highest BCUT2D eigenvalue weighted by Crippen LogP contribution is 2.34. The monoisotopic (exact) mass is 340 g/mol. The molecule has 1 aromatic carbocycles. The third kappa shape index (κ3) is 3.59. The molecule has 0 amide bonds. The molecule has 0 saturated heterocycles. The predicted octanol–water partition coefficient (Wildman–Crippen LogP) is 5.16. The van der Waals surface area contributed by atoms with Gasteiger partial charge in [0.05, 0.1) is 11.7 Å². The van der Waals surface area contributed by atoms with E-state index in [1.807, 2.05) is 12.1 Å². The maximum atomic E-state index is 6.17. The lowest BCUT2D eigenvalue weighted by Gasteiger charge is -2.17. The molecule has 1 N–H and O–H groups in total. The number of nitrogens with zero attached hydrogens (tertiary/aromatic N) is 1. The van der Waals surface area contributed by atoms with E-state index < -0.39 is 0 Å². The molecule has 112 valence electrons. The molecule has 21 heavy (non-hydrogen) atoms. The Balaban J connectivity index is 1.99. The average Bonchev–Trinajstić information content (AvgIpc) is 3.17. The Morgan fingerprint density at radius 3 is 2.48 bits per heavy atom. The van der Waals surface area contributed by atoms with Crippen molar-refractivity contribution in [3.8, 4) is 0 Å². The van der Waals surface area contributed by atoms with Gasteiger partial charge in [0, 0.05) is 21.0 Å². The molecule has 0 aliphatic heterocycles. The number of benzene rings is 1. The first-order chi connectivity index (χ1) is 10.1. The SMILES string of the molecule is CCc1nc(C(NC2CC2)c2cc(Cl)cc(Cl)c2)sc1C. The van der Waals surface area contributed by atoms with Crippen LogP contribution in [0.25, 0.3) is 0 Å². The van der Waals surface area contributed by atoms with Crippen molar-refractivity contribution >= 4 is 34.5 Å². The van der Waals surface area contributed by atoms with E-state index >= 15 is 0 Å². The fraction of sp³-hybridized carbons (Fsp3) is 0.438. The Kier molecular flexibility index (Phi) is 4.55. The summed E-state index contributed by atoms with van der Waals surface area (Å²) in [6.07, 6.45) is 3.43. The summed E-state index contributed by atoms with van der Waals surface area (Å²) in [5, 5.41) is 6.12. The van der Waals surface area contributed by atoms with E-state index in [4.69, 9.17) is 28.2 Å². The number of aromatic nitrogens is 1. The number of aryl methyl sites for hydroxylation is 2. The lowest BCUT2D eigenvalue weighted by atomic mass is 10.1. The Morgan fingerprint density at radius 1 is 1.29 bits per heavy atom. The molecule has 0 radical (unpaired) electrons. The molecule has 1 heterocycles. The number of hydrogen-bond donors (Lipinski definition) is 1. The third-order valence-electron chi connectivity index (χ3n) is 3.69. The van der Waals surface area contributed by atoms with Crippen LogP contribution in [0.5, 0.6) is 0 Å². The summed E-state index contributed by atoms with van der Waals surface area (Å²) in [6, 6.07) is 6.40. The molecule has 1 aromatic heterocycles. The van der Waals surface area contributed by atoms with Crippen molar-refractivity contribution in [3.63, 3.8) is 0 Å². The van der Waals surface area contributed by atoms with Gasteiger partial charge in [-0.15, -0.1) is 11.3 Å². The molecular weight excluding hydrogens is 323 g/mol. The van der Waals surface area contributed by atoms with Gasteiger partial charge in [0.1, 0.15) is 5.01 Å². The first-order valence-corrected chi connectivity index (χ1v) is 8.82. The number of nitrogens with one attached hydrogen (secondary N) is 1. The molecule has 1 unspecified atom stereocenters. The van der Waals surface area contributed by atoms with Crippen LogP contribution < -0.4 is 5.32 Å². The third-order valence-corrected chi connectivity index (χ3v) is 5.20. The first kappa shape index (κ1) is 15.3. The zero-order chi connectivity index (χ0) is 15.0. The molecular formula is C16H18Cl2N2S. The van der Waals surface area contributed by atoms with Crippen molar-refractivity contribution in [1.82, 2.24) is 10.3 Å². The molecule has 0 spiro atoms. The van der Waals surface area contributed by atoms with Gasteiger partial charge in [0.2, 0.25) is 0 Å². The topological polar surface area (TPSA) is 24.9 Å². The molecule has 3 rings (SSSR count). The maximum absolute atomic E-state index is 6.17. The van der Waals surface area contributed by atoms with Crippen LogP contribution in [0.3, 0.4) is 0 Å². The molecule has 1 aliphatic carbocycles. The van der Waals surface area contributed by atoms with Crippen molar-refractivity contribution in [2.24, 2.45) is 0 Å². The molecule has 1 saturated carbocycles. The second kappa shape index (κ2) is 6.25. The first-order valence-electron chi connectivity index (χ1n) is 7.25. The highest BCUT2D eigenvalue weighted by molar-refractivity contribution is 7.11. The molecule has 2 nitrogen and oxygen atoms in total. The Hall–Kier alpha value is -0.610. The fourth-order valence-electron chi connectivity index (χ4n) is 2.44. The molecule has 5 heteroatoms. The Bertz CT molecular complexity index is 629. The Labute approximate surface area is 139 Å². The number of rotatable bonds is 5. The molecule has 1 fully saturated rings. The van der Waals surface area contributed by atoms with Crippen LogP contribution >= 0.6 is 34.5 Å². The van der Waals surface area contributed by atoms with Gasteiger partial charge in [-0.05, 0) is 49.9 Å². The van der Waals surface area contributed by atoms with Gasteiger partial charge in [-0.3, -0.25) is 0 Å². The summed E-state index contributed by atoms with van der Waals surface area (Å²) in [5.74, 6) is 0. The second-order valence-electron chi connectivity index (χ2n) is 5.49.